The van der Waals surface area contributed by atoms with Crippen molar-refractivity contribution in [2.45, 2.75) is 23.4 Å². The molecule has 2 aliphatic heterocycles. The van der Waals surface area contributed by atoms with Crippen molar-refractivity contribution in [1.82, 2.24) is 10.00 Å². The normalized spacial score (nSPS) is 23.6. The monoisotopic (exact) mass is 354 g/mol. The number of amides is 1. The van der Waals surface area contributed by atoms with Gasteiger partial charge in [0, 0.05) is 29.6 Å². The number of aliphatic carboxylic acids is 1. The molecule has 0 aliphatic carbocycles. The Balaban J connectivity index is 1.81. The molecule has 2 aliphatic rings. The topological polar surface area (TPSA) is 123 Å². The highest BCUT2D eigenvalue weighted by atomic mass is 32.2. The third-order valence-electron chi connectivity index (χ3n) is 3.64. The van der Waals surface area contributed by atoms with Crippen molar-refractivity contribution < 1.29 is 19.5 Å². The molecule has 1 amide bonds. The Morgan fingerprint density at radius 2 is 2.39 bits per heavy atom. The number of carbonyl (C=O) groups excluding carboxylic acids is 1. The van der Waals surface area contributed by atoms with Crippen molar-refractivity contribution in [2.75, 3.05) is 11.5 Å². The number of aromatic nitrogens is 2. The summed E-state index contributed by atoms with van der Waals surface area (Å²) < 4.78 is 0. The third kappa shape index (κ3) is 2.77. The first-order chi connectivity index (χ1) is 10.9. The van der Waals surface area contributed by atoms with Crippen molar-refractivity contribution in [3.63, 3.8) is 0 Å². The molecule has 1 saturated heterocycles. The zero-order valence-corrected chi connectivity index (χ0v) is 13.8. The lowest BCUT2D eigenvalue weighted by Crippen LogP contribution is -2.68. The highest BCUT2D eigenvalue weighted by Crippen LogP contribution is 2.40. The maximum Gasteiger partial charge on any atom is 0.352 e. The summed E-state index contributed by atoms with van der Waals surface area (Å²) in [7, 11) is 0. The number of hydrogen-bond acceptors (Lipinski definition) is 7. The van der Waals surface area contributed by atoms with Gasteiger partial charge < -0.3 is 16.0 Å². The lowest BCUT2D eigenvalue weighted by Gasteiger charge is -2.48. The summed E-state index contributed by atoms with van der Waals surface area (Å²) in [5.74, 6) is -0.675. The maximum absolute atomic E-state index is 11.8. The molecule has 3 heterocycles. The Hall–Kier alpha value is -1.78. The molecule has 3 N–H and O–H groups in total. The van der Waals surface area contributed by atoms with Crippen molar-refractivity contribution in [3.8, 4) is 0 Å². The molecule has 0 saturated carbocycles. The highest BCUT2D eigenvalue weighted by Gasteiger charge is 2.51. The molecule has 3 rings (SSSR count). The summed E-state index contributed by atoms with van der Waals surface area (Å²) in [5.41, 5.74) is 6.82. The maximum atomic E-state index is 11.8. The molecule has 10 heteroatoms. The van der Waals surface area contributed by atoms with Crippen LogP contribution in [0.3, 0.4) is 0 Å². The van der Waals surface area contributed by atoms with Crippen LogP contribution in [-0.4, -0.2) is 49.9 Å². The van der Waals surface area contributed by atoms with E-state index in [-0.39, 0.29) is 17.0 Å². The molecule has 0 radical (unpaired) electrons. The van der Waals surface area contributed by atoms with Crippen molar-refractivity contribution in [2.24, 2.45) is 5.73 Å². The van der Waals surface area contributed by atoms with E-state index in [1.54, 1.807) is 19.1 Å². The largest absolute Gasteiger partial charge is 0.594 e. The standard InChI is InChI=1S/C13H14N4O4S2/c1-6-2-3-8(15-17(6)21)22-4-7-5-23-12-9(14)11(18)16(12)10(7)13(19)20/h2-3,9,12H,4-5,14H2,1H3,(H,19,20)/t9?,12-/m1/s1. The quantitative estimate of drug-likeness (QED) is 0.327. The van der Waals surface area contributed by atoms with E-state index in [0.29, 0.717) is 32.6 Å². The number of thioether (sulfide) groups is 2. The minimum absolute atomic E-state index is 0.00932. The number of nitrogens with zero attached hydrogens (tertiary/aromatic N) is 3. The molecule has 8 nitrogen and oxygen atoms in total. The van der Waals surface area contributed by atoms with Crippen molar-refractivity contribution in [3.05, 3.63) is 34.3 Å². The predicted octanol–water partition coefficient (Wildman–Crippen LogP) is -0.303. The van der Waals surface area contributed by atoms with Gasteiger partial charge in [-0.25, -0.2) is 4.79 Å². The summed E-state index contributed by atoms with van der Waals surface area (Å²) in [4.78, 5) is 25.2. The highest BCUT2D eigenvalue weighted by molar-refractivity contribution is 8.01. The Morgan fingerprint density at radius 3 is 3.04 bits per heavy atom. The third-order valence-corrected chi connectivity index (χ3v) is 6.01. The molecule has 0 aromatic carbocycles. The summed E-state index contributed by atoms with van der Waals surface area (Å²) >= 11 is 2.72. The molecule has 0 spiro atoms. The molecular formula is C13H14N4O4S2. The smallest absolute Gasteiger partial charge is 0.352 e. The molecular weight excluding hydrogens is 340 g/mol. The van der Waals surface area contributed by atoms with Crippen LogP contribution in [-0.2, 0) is 9.59 Å². The first-order valence-corrected chi connectivity index (χ1v) is 8.79. The van der Waals surface area contributed by atoms with Gasteiger partial charge in [0.1, 0.15) is 17.1 Å². The van der Waals surface area contributed by atoms with Gasteiger partial charge in [-0.3, -0.25) is 9.69 Å². The average molecular weight is 354 g/mol. The van der Waals surface area contributed by atoms with Gasteiger partial charge in [0.15, 0.2) is 5.03 Å². The van der Waals surface area contributed by atoms with Gasteiger partial charge in [0.05, 0.1) is 0 Å². The minimum atomic E-state index is -1.14. The Bertz CT molecular complexity index is 724. The van der Waals surface area contributed by atoms with Crippen LogP contribution in [0.2, 0.25) is 0 Å². The zero-order chi connectivity index (χ0) is 16.7. The Kier molecular flexibility index (Phi) is 4.21. The summed E-state index contributed by atoms with van der Waals surface area (Å²) in [6, 6.07) is 2.72. The lowest BCUT2D eigenvalue weighted by atomic mass is 10.0. The van der Waals surface area contributed by atoms with E-state index in [1.165, 1.54) is 28.4 Å². The first-order valence-electron chi connectivity index (χ1n) is 6.76. The second kappa shape index (κ2) is 6.02. The van der Waals surface area contributed by atoms with Crippen molar-refractivity contribution >= 4 is 35.4 Å². The number of aryl methyl sites for hydroxylation is 1. The van der Waals surface area contributed by atoms with Crippen LogP contribution in [0.1, 0.15) is 5.69 Å². The van der Waals surface area contributed by atoms with Crippen LogP contribution in [0.5, 0.6) is 0 Å². The summed E-state index contributed by atoms with van der Waals surface area (Å²) in [6.45, 7) is 1.65. The molecule has 1 fully saturated rings. The number of rotatable bonds is 4. The molecule has 23 heavy (non-hydrogen) atoms. The number of carboxylic acid groups (broad SMARTS) is 1. The van der Waals surface area contributed by atoms with Gasteiger partial charge >= 0.3 is 5.97 Å². The van der Waals surface area contributed by atoms with Crippen LogP contribution in [0.15, 0.2) is 28.4 Å². The second-order valence-corrected chi connectivity index (χ2v) is 7.27. The van der Waals surface area contributed by atoms with E-state index >= 15 is 0 Å². The van der Waals surface area contributed by atoms with E-state index in [2.05, 4.69) is 5.10 Å². The van der Waals surface area contributed by atoms with Crippen LogP contribution >= 0.6 is 23.5 Å². The number of hydrogen-bond donors (Lipinski definition) is 2. The Morgan fingerprint density at radius 1 is 1.65 bits per heavy atom. The van der Waals surface area contributed by atoms with Crippen molar-refractivity contribution in [1.29, 1.82) is 0 Å². The zero-order valence-electron chi connectivity index (χ0n) is 12.1. The van der Waals surface area contributed by atoms with Gasteiger partial charge in [0.25, 0.3) is 0 Å². The fraction of sp³-hybridized carbons (Fsp3) is 0.385. The molecule has 1 unspecified atom stereocenters. The SMILES string of the molecule is Cc1ccc(SCC2=C(C(=O)O)N3C(=O)C(N)[C@H]3SC2)n[n+]1[O-]. The molecule has 2 atom stereocenters. The van der Waals surface area contributed by atoms with Crippen LogP contribution in [0.4, 0.5) is 0 Å². The van der Waals surface area contributed by atoms with Gasteiger partial charge in [-0.1, -0.05) is 16.6 Å². The number of fused-ring (bicyclic) bond motifs is 1. The van der Waals surface area contributed by atoms with Crippen LogP contribution in [0, 0.1) is 12.1 Å². The van der Waals surface area contributed by atoms with E-state index < -0.39 is 12.0 Å². The number of nitrogens with two attached hydrogens (primary N) is 1. The average Bonchev–Trinajstić information content (AvgIpc) is 2.54. The Labute approximate surface area is 140 Å². The van der Waals surface area contributed by atoms with Crippen LogP contribution < -0.4 is 10.6 Å². The lowest BCUT2D eigenvalue weighted by molar-refractivity contribution is -0.679. The summed E-state index contributed by atoms with van der Waals surface area (Å²) in [5, 5.41) is 24.9. The number of carboxylic acids is 1. The molecule has 122 valence electrons. The molecule has 1 aromatic heterocycles. The molecule has 0 bridgehead atoms. The van der Waals surface area contributed by atoms with Crippen LogP contribution in [0.25, 0.3) is 0 Å². The first kappa shape index (κ1) is 16.1. The number of carbonyl (C=O) groups is 2. The fourth-order valence-corrected chi connectivity index (χ4v) is 4.67. The van der Waals surface area contributed by atoms with Gasteiger partial charge in [-0.2, -0.15) is 0 Å². The number of β-lactam (4-membered cyclic amide) rings is 1. The van der Waals surface area contributed by atoms with E-state index in [4.69, 9.17) is 5.73 Å². The predicted molar refractivity (Wildman–Crippen MR) is 84.4 cm³/mol. The minimum Gasteiger partial charge on any atom is -0.594 e. The van der Waals surface area contributed by atoms with Gasteiger partial charge in [-0.05, 0) is 11.6 Å². The molecule has 1 aromatic rings. The second-order valence-electron chi connectivity index (χ2n) is 5.17. The fourth-order valence-electron chi connectivity index (χ4n) is 2.39. The van der Waals surface area contributed by atoms with E-state index in [1.807, 2.05) is 0 Å². The van der Waals surface area contributed by atoms with E-state index in [0.717, 1.165) is 0 Å². The van der Waals surface area contributed by atoms with E-state index in [9.17, 15) is 19.9 Å². The van der Waals surface area contributed by atoms with Gasteiger partial charge in [-0.15, -0.1) is 11.8 Å². The van der Waals surface area contributed by atoms with Gasteiger partial charge in [0.2, 0.25) is 11.6 Å². The summed E-state index contributed by atoms with van der Waals surface area (Å²) in [6.07, 6.45) is 0.